The number of nitrogens with zero attached hydrogens (tertiary/aromatic N) is 9. The van der Waals surface area contributed by atoms with E-state index in [1.807, 2.05) is 48.5 Å². The number of rotatable bonds is 30. The van der Waals surface area contributed by atoms with Gasteiger partial charge in [0.2, 0.25) is 0 Å². The number of unbranched alkanes of at least 4 members (excludes halogenated alkanes) is 6. The Morgan fingerprint density at radius 2 is 0.759 bits per heavy atom. The molecule has 2 saturated heterocycles. The van der Waals surface area contributed by atoms with Crippen molar-refractivity contribution in [2.75, 3.05) is 184 Å². The average molecular weight is 1570 g/mol. The lowest BCUT2D eigenvalue weighted by molar-refractivity contribution is 0.00331. The first-order valence-corrected chi connectivity index (χ1v) is 38.1. The second kappa shape index (κ2) is 55.4. The highest BCUT2D eigenvalue weighted by atomic mass is 32.1. The number of carboxylic acids is 4. The lowest BCUT2D eigenvalue weighted by Crippen LogP contribution is -2.36. The van der Waals surface area contributed by atoms with Gasteiger partial charge in [-0.1, -0.05) is 92.9 Å². The number of carbonyl (C=O) groups is 5. The largest absolute Gasteiger partial charge is 0.477 e. The van der Waals surface area contributed by atoms with Gasteiger partial charge in [-0.3, -0.25) is 24.4 Å². The number of isothiocyanates is 1. The molecule has 2 atom stereocenters. The van der Waals surface area contributed by atoms with Crippen molar-refractivity contribution in [3.63, 3.8) is 0 Å². The summed E-state index contributed by atoms with van der Waals surface area (Å²) in [5.41, 5.74) is 12.1. The van der Waals surface area contributed by atoms with Gasteiger partial charge in [0.1, 0.15) is 22.8 Å². The summed E-state index contributed by atoms with van der Waals surface area (Å²) in [4.78, 5) is 89.7. The fourth-order valence-electron chi connectivity index (χ4n) is 12.2. The molecule has 0 spiro atoms. The van der Waals surface area contributed by atoms with Crippen molar-refractivity contribution in [2.45, 2.75) is 76.5 Å². The van der Waals surface area contributed by atoms with Gasteiger partial charge in [0.25, 0.3) is 5.91 Å². The van der Waals surface area contributed by atoms with Crippen LogP contribution >= 0.6 is 12.2 Å². The molecule has 0 saturated carbocycles. The predicted octanol–water partition coefficient (Wildman–Crippen LogP) is 9.07. The maximum absolute atomic E-state index is 13.0. The maximum atomic E-state index is 13.0. The van der Waals surface area contributed by atoms with Crippen LogP contribution in [0.5, 0.6) is 0 Å². The molecule has 2 aromatic carbocycles. The number of hydrogen-bond acceptors (Lipinski definition) is 25. The molecule has 6 aromatic rings. The van der Waals surface area contributed by atoms with Crippen molar-refractivity contribution in [3.8, 4) is 0 Å². The van der Waals surface area contributed by atoms with E-state index < -0.39 is 29.9 Å². The van der Waals surface area contributed by atoms with Crippen LogP contribution in [0.3, 0.4) is 0 Å². The number of amides is 1. The van der Waals surface area contributed by atoms with Crippen LogP contribution in [-0.2, 0) is 51.0 Å². The number of ether oxygens (including phenoxy) is 8. The molecule has 0 aliphatic carbocycles. The number of carboxylic acid groups (broad SMARTS) is 4. The van der Waals surface area contributed by atoms with E-state index in [0.717, 1.165) is 86.8 Å². The summed E-state index contributed by atoms with van der Waals surface area (Å²) >= 11 is 4.59. The number of carbonyl (C=O) groups excluding carboxylic acids is 1. The minimum absolute atomic E-state index is 0. The van der Waals surface area contributed by atoms with Crippen molar-refractivity contribution in [1.29, 1.82) is 0 Å². The Balaban J connectivity index is 0.000000394. The second-order valence-electron chi connectivity index (χ2n) is 26.0. The van der Waals surface area contributed by atoms with Gasteiger partial charge in [0, 0.05) is 111 Å². The van der Waals surface area contributed by atoms with E-state index in [2.05, 4.69) is 79.1 Å². The van der Waals surface area contributed by atoms with Crippen LogP contribution in [0.15, 0.2) is 133 Å². The average Bonchev–Trinajstić information content (AvgIpc) is 0.811. The van der Waals surface area contributed by atoms with E-state index >= 15 is 0 Å². The van der Waals surface area contributed by atoms with E-state index in [1.54, 1.807) is 48.5 Å². The molecular formula is C82H114N12O17S+2. The zero-order valence-corrected chi connectivity index (χ0v) is 65.7. The third-order valence-corrected chi connectivity index (χ3v) is 18.1. The highest BCUT2D eigenvalue weighted by Gasteiger charge is 2.28. The number of aromatic carboxylic acids is 4. The van der Waals surface area contributed by atoms with Crippen molar-refractivity contribution < 1.29 is 82.3 Å². The summed E-state index contributed by atoms with van der Waals surface area (Å²) in [5.74, 6) is -4.51. The number of benzene rings is 2. The minimum Gasteiger partial charge on any atom is -0.477 e. The number of aromatic nitrogens is 4. The molecule has 608 valence electrons. The lowest BCUT2D eigenvalue weighted by Gasteiger charge is -2.32. The zero-order valence-electron chi connectivity index (χ0n) is 64.9. The van der Waals surface area contributed by atoms with Gasteiger partial charge >= 0.3 is 23.9 Å². The van der Waals surface area contributed by atoms with Crippen LogP contribution in [0, 0.1) is 14.9 Å². The molecule has 1 amide bonds. The smallest absolute Gasteiger partial charge is 0.354 e. The number of pyridine rings is 4. The van der Waals surface area contributed by atoms with Gasteiger partial charge in [-0.2, -0.15) is 0 Å². The fraction of sp³-hybridized carbons (Fsp3) is 0.488. The molecule has 30 heteroatoms. The molecule has 0 bridgehead atoms. The first-order chi connectivity index (χ1) is 53.7. The first kappa shape index (κ1) is 93.5. The van der Waals surface area contributed by atoms with Gasteiger partial charge in [-0.05, 0) is 122 Å². The molecule has 0 radical (unpaired) electrons. The van der Waals surface area contributed by atoms with Gasteiger partial charge < -0.3 is 74.7 Å². The van der Waals surface area contributed by atoms with Gasteiger partial charge in [-0.25, -0.2) is 44.1 Å². The number of hydrogen-bond donors (Lipinski definition) is 7. The molecular weight excluding hydrogens is 1460 g/mol. The molecule has 4 aromatic heterocycles. The van der Waals surface area contributed by atoms with E-state index in [-0.39, 0.29) is 49.6 Å². The highest BCUT2D eigenvalue weighted by molar-refractivity contribution is 7.78. The fourth-order valence-corrected chi connectivity index (χ4v) is 12.2. The summed E-state index contributed by atoms with van der Waals surface area (Å²) in [6, 6.07) is 34.6. The van der Waals surface area contributed by atoms with Gasteiger partial charge in [0.15, 0.2) is 0 Å². The number of aliphatic imine (C=N–C) groups is 1. The number of nitrogens with one attached hydrogen (secondary N) is 2. The first-order valence-electron chi connectivity index (χ1n) is 37.7. The SMILES string of the molecule is C=C(NCCCCCCN)c1ccc(C(c2cccc(C(=O)O)n2)N2CCOCCOCCN(Cc3cccc(C(=O)O)n3)CCOCCOCC2)cc1.O=C(NCCCCCCN=C=S)c1ccc(C(c2cccc(C(=O)O)n2)N2CCOCCOCCN(Cc3cccc(C(=O)O)n3)CCOCCOCC2)cc1.[CH3+].[CH3+]. The monoisotopic (exact) mass is 1570 g/mol. The summed E-state index contributed by atoms with van der Waals surface area (Å²) in [6.07, 6.45) is 8.12. The molecule has 29 nitrogen and oxygen atoms in total. The van der Waals surface area contributed by atoms with E-state index in [4.69, 9.17) is 43.6 Å². The van der Waals surface area contributed by atoms with Crippen LogP contribution < -0.4 is 16.4 Å². The quantitative estimate of drug-likeness (QED) is 0.00956. The second-order valence-corrected chi connectivity index (χ2v) is 26.2. The molecule has 2 fully saturated rings. The summed E-state index contributed by atoms with van der Waals surface area (Å²) in [7, 11) is 0. The molecule has 8 N–H and O–H groups in total. The Labute approximate surface area is 664 Å². The molecule has 2 unspecified atom stereocenters. The molecule has 6 heterocycles. The Hall–Kier alpha value is -9.05. The van der Waals surface area contributed by atoms with Crippen molar-refractivity contribution >= 4 is 52.9 Å². The molecule has 2 aliphatic rings. The van der Waals surface area contributed by atoms with Crippen LogP contribution in [0.2, 0.25) is 0 Å². The van der Waals surface area contributed by atoms with Crippen molar-refractivity contribution in [3.05, 3.63) is 211 Å². The van der Waals surface area contributed by atoms with Crippen LogP contribution in [0.25, 0.3) is 5.70 Å². The molecule has 2 aliphatic heterocycles. The van der Waals surface area contributed by atoms with Crippen LogP contribution in [-0.4, -0.2) is 279 Å². The number of thiocarbonyl (C=S) groups is 1. The molecule has 112 heavy (non-hydrogen) atoms. The maximum Gasteiger partial charge on any atom is 0.354 e. The summed E-state index contributed by atoms with van der Waals surface area (Å²) in [6.45, 7) is 18.7. The van der Waals surface area contributed by atoms with E-state index in [9.17, 15) is 44.4 Å². The van der Waals surface area contributed by atoms with Crippen LogP contribution in [0.1, 0.15) is 155 Å². The third-order valence-electron chi connectivity index (χ3n) is 18.0. The third kappa shape index (κ3) is 35.3. The van der Waals surface area contributed by atoms with Gasteiger partial charge in [-0.15, -0.1) is 0 Å². The topological polar surface area (TPSA) is 367 Å². The highest BCUT2D eigenvalue weighted by Crippen LogP contribution is 2.31. The zero-order chi connectivity index (χ0) is 78.2. The Morgan fingerprint density at radius 1 is 0.429 bits per heavy atom. The Bertz CT molecular complexity index is 3730. The lowest BCUT2D eigenvalue weighted by atomic mass is 9.98. The van der Waals surface area contributed by atoms with Crippen LogP contribution in [0.4, 0.5) is 0 Å². The minimum atomic E-state index is -1.13. The number of nitrogens with two attached hydrogens (primary N) is 1. The summed E-state index contributed by atoms with van der Waals surface area (Å²) < 4.78 is 47.6. The van der Waals surface area contributed by atoms with Crippen molar-refractivity contribution in [1.82, 2.24) is 50.2 Å². The Kier molecular flexibility index (Phi) is 46.3. The van der Waals surface area contributed by atoms with Gasteiger partial charge in [0.05, 0.1) is 146 Å². The van der Waals surface area contributed by atoms with E-state index in [1.165, 1.54) is 24.3 Å². The molecule has 8 rings (SSSR count). The van der Waals surface area contributed by atoms with Crippen molar-refractivity contribution in [2.24, 2.45) is 10.7 Å². The normalized spacial score (nSPS) is 16.3. The van der Waals surface area contributed by atoms with E-state index in [0.29, 0.717) is 213 Å². The Morgan fingerprint density at radius 3 is 1.12 bits per heavy atom. The standard InChI is InChI=1S/C40H52N6O9S.C40H56N6O8.2CH3/c47-38(42-16-4-2-1-3-15-41-30-56)32-13-11-31(12-14-32)37(34-8-6-10-36(44-34)40(50)51)46-19-23-54-27-25-52-21-17-45(18-22-53-26-28-55-24-20-46)29-33-7-5-9-35(43-33)39(48)49;1-31(42-17-5-3-2-4-16-41)32-12-14-33(15-13-32)38(35-9-7-11-37(44-35)40(49)50)46-20-24-53-28-26-51-22-18-45(19-23-52-27-29-54-25-21-46)30-34-8-6-10-36(43-34)39(47)48;;/h5-14,37H,1-4,15-29H2,(H,42,47)(H,48,49)(H,50,51);6-15,38,42H,1-5,16-30,41H2,(H,47,48)(H,49,50);2*1H3/q;;2*+1. The predicted molar refractivity (Wildman–Crippen MR) is 430 cm³/mol. The summed E-state index contributed by atoms with van der Waals surface area (Å²) in [5, 5.41) is 47.0.